The minimum absolute atomic E-state index is 0.196. The lowest BCUT2D eigenvalue weighted by molar-refractivity contribution is 0.0593. The molecule has 1 N–H and O–H groups in total. The van der Waals surface area contributed by atoms with E-state index in [1.165, 1.54) is 36.6 Å². The smallest absolute Gasteiger partial charge is 0.356 e. The normalized spacial score (nSPS) is 15.0. The van der Waals surface area contributed by atoms with Gasteiger partial charge in [0, 0.05) is 40.2 Å². The first-order valence-electron chi connectivity index (χ1n) is 8.77. The van der Waals surface area contributed by atoms with E-state index < -0.39 is 5.97 Å². The van der Waals surface area contributed by atoms with Gasteiger partial charge >= 0.3 is 5.97 Å². The molecule has 1 saturated carbocycles. The molecule has 0 amide bonds. The highest BCUT2D eigenvalue weighted by Gasteiger charge is 2.42. The summed E-state index contributed by atoms with van der Waals surface area (Å²) in [5, 5.41) is 1.18. The van der Waals surface area contributed by atoms with Crippen molar-refractivity contribution >= 4 is 16.9 Å². The molecule has 1 aromatic carbocycles. The van der Waals surface area contributed by atoms with Gasteiger partial charge in [-0.3, -0.25) is 0 Å². The van der Waals surface area contributed by atoms with Crippen LogP contribution in [0.4, 0.5) is 0 Å². The van der Waals surface area contributed by atoms with Crippen molar-refractivity contribution in [3.05, 3.63) is 59.0 Å². The van der Waals surface area contributed by atoms with Crippen molar-refractivity contribution < 1.29 is 14.3 Å². The molecule has 1 aliphatic rings. The summed E-state index contributed by atoms with van der Waals surface area (Å²) in [6.45, 7) is 2.29. The van der Waals surface area contributed by atoms with Crippen molar-refractivity contribution in [2.45, 2.75) is 31.6 Å². The first-order chi connectivity index (χ1) is 12.5. The third-order valence-electron chi connectivity index (χ3n) is 5.28. The summed E-state index contributed by atoms with van der Waals surface area (Å²) >= 11 is 0. The van der Waals surface area contributed by atoms with Gasteiger partial charge in [-0.15, -0.1) is 0 Å². The van der Waals surface area contributed by atoms with Gasteiger partial charge in [0.15, 0.2) is 0 Å². The van der Waals surface area contributed by atoms with Crippen molar-refractivity contribution in [2.24, 2.45) is 0 Å². The first kappa shape index (κ1) is 16.6. The summed E-state index contributed by atoms with van der Waals surface area (Å²) in [5.74, 6) is 0.425. The summed E-state index contributed by atoms with van der Waals surface area (Å²) < 4.78 is 10.2. The molecule has 0 spiro atoms. The second kappa shape index (κ2) is 6.16. The second-order valence-corrected chi connectivity index (χ2v) is 7.13. The number of ether oxygens (including phenoxy) is 2. The number of carbonyl (C=O) groups is 1. The van der Waals surface area contributed by atoms with Crippen molar-refractivity contribution in [3.8, 4) is 5.75 Å². The van der Waals surface area contributed by atoms with Crippen LogP contribution in [0.25, 0.3) is 10.9 Å². The van der Waals surface area contributed by atoms with Crippen molar-refractivity contribution in [2.75, 3.05) is 14.2 Å². The average Bonchev–Trinajstić information content (AvgIpc) is 3.32. The lowest BCUT2D eigenvalue weighted by atomic mass is 9.96. The van der Waals surface area contributed by atoms with Crippen LogP contribution in [0.3, 0.4) is 0 Å². The van der Waals surface area contributed by atoms with E-state index in [0.29, 0.717) is 12.1 Å². The Labute approximate surface area is 152 Å². The van der Waals surface area contributed by atoms with Crippen molar-refractivity contribution in [1.82, 2.24) is 9.97 Å². The molecule has 1 fully saturated rings. The van der Waals surface area contributed by atoms with Gasteiger partial charge in [-0.1, -0.05) is 13.0 Å². The predicted molar refractivity (Wildman–Crippen MR) is 99.8 cm³/mol. The van der Waals surface area contributed by atoms with Crippen LogP contribution >= 0.6 is 0 Å². The van der Waals surface area contributed by atoms with Crippen LogP contribution in [0.1, 0.15) is 47.2 Å². The Kier molecular flexibility index (Phi) is 3.94. The number of aromatic amines is 1. The van der Waals surface area contributed by atoms with E-state index in [4.69, 9.17) is 9.47 Å². The average molecular weight is 350 g/mol. The molecule has 2 heterocycles. The van der Waals surface area contributed by atoms with Crippen LogP contribution in [-0.4, -0.2) is 30.2 Å². The number of carbonyl (C=O) groups excluding carboxylic acids is 1. The molecule has 5 nitrogen and oxygen atoms in total. The maximum atomic E-state index is 11.8. The predicted octanol–water partition coefficient (Wildman–Crippen LogP) is 4.00. The topological polar surface area (TPSA) is 64.2 Å². The molecule has 5 heteroatoms. The van der Waals surface area contributed by atoms with E-state index in [2.05, 4.69) is 23.0 Å². The number of hydrogen-bond acceptors (Lipinski definition) is 4. The van der Waals surface area contributed by atoms with Gasteiger partial charge in [0.05, 0.1) is 14.2 Å². The van der Waals surface area contributed by atoms with Gasteiger partial charge in [-0.2, -0.15) is 0 Å². The molecule has 0 atom stereocenters. The van der Waals surface area contributed by atoms with Crippen LogP contribution in [0.2, 0.25) is 0 Å². The van der Waals surface area contributed by atoms with Gasteiger partial charge in [-0.25, -0.2) is 9.78 Å². The lowest BCUT2D eigenvalue weighted by Gasteiger charge is -2.11. The molecule has 0 saturated heterocycles. The summed E-state index contributed by atoms with van der Waals surface area (Å²) in [6.07, 6.45) is 3.03. The summed E-state index contributed by atoms with van der Waals surface area (Å²) in [7, 11) is 3.05. The lowest BCUT2D eigenvalue weighted by Crippen LogP contribution is -2.08. The molecule has 1 aliphatic carbocycles. The van der Waals surface area contributed by atoms with Gasteiger partial charge in [0.2, 0.25) is 0 Å². The Bertz CT molecular complexity index is 986. The zero-order valence-corrected chi connectivity index (χ0v) is 15.3. The molecule has 2 aromatic heterocycles. The minimum Gasteiger partial charge on any atom is -0.497 e. The zero-order chi connectivity index (χ0) is 18.3. The molecule has 134 valence electrons. The standard InChI is InChI=1S/C21H22N2O3/c1-21(9-10-21)19-16(15-8-7-14(25-2)12-18(15)23-19)11-13-5-4-6-17(22-13)20(24)26-3/h4-8,12,23H,9-11H2,1-3H3. The Hall–Kier alpha value is -2.82. The fourth-order valence-electron chi connectivity index (χ4n) is 3.48. The number of nitrogens with zero attached hydrogens (tertiary/aromatic N) is 1. The highest BCUT2D eigenvalue weighted by atomic mass is 16.5. The van der Waals surface area contributed by atoms with E-state index in [1.807, 2.05) is 24.3 Å². The molecular formula is C21H22N2O3. The molecule has 4 rings (SSSR count). The van der Waals surface area contributed by atoms with Gasteiger partial charge < -0.3 is 14.5 Å². The highest BCUT2D eigenvalue weighted by Crippen LogP contribution is 2.50. The summed E-state index contributed by atoms with van der Waals surface area (Å²) in [4.78, 5) is 19.9. The minimum atomic E-state index is -0.412. The van der Waals surface area contributed by atoms with Gasteiger partial charge in [-0.05, 0) is 42.7 Å². The number of nitrogens with one attached hydrogen (secondary N) is 1. The number of esters is 1. The third-order valence-corrected chi connectivity index (χ3v) is 5.28. The summed E-state index contributed by atoms with van der Waals surface area (Å²) in [6, 6.07) is 11.6. The maximum Gasteiger partial charge on any atom is 0.356 e. The Morgan fingerprint density at radius 3 is 2.73 bits per heavy atom. The van der Waals surface area contributed by atoms with E-state index in [-0.39, 0.29) is 5.41 Å². The number of pyridine rings is 1. The maximum absolute atomic E-state index is 11.8. The van der Waals surface area contributed by atoms with Crippen LogP contribution < -0.4 is 4.74 Å². The number of methoxy groups -OCH3 is 2. The number of rotatable bonds is 5. The second-order valence-electron chi connectivity index (χ2n) is 7.13. The molecular weight excluding hydrogens is 328 g/mol. The number of benzene rings is 1. The zero-order valence-electron chi connectivity index (χ0n) is 15.3. The van der Waals surface area contributed by atoms with Crippen LogP contribution in [0.5, 0.6) is 5.75 Å². The number of H-pyrrole nitrogens is 1. The molecule has 0 radical (unpaired) electrons. The summed E-state index contributed by atoms with van der Waals surface area (Å²) in [5.41, 5.74) is 4.98. The quantitative estimate of drug-likeness (QED) is 0.707. The Morgan fingerprint density at radius 1 is 1.23 bits per heavy atom. The fourth-order valence-corrected chi connectivity index (χ4v) is 3.48. The van der Waals surface area contributed by atoms with Crippen molar-refractivity contribution in [3.63, 3.8) is 0 Å². The third kappa shape index (κ3) is 2.83. The van der Waals surface area contributed by atoms with Crippen molar-refractivity contribution in [1.29, 1.82) is 0 Å². The van der Waals surface area contributed by atoms with E-state index in [1.54, 1.807) is 13.2 Å². The SMILES string of the molecule is COC(=O)c1cccc(Cc2c(C3(C)CC3)[nH]c3cc(OC)ccc23)n1. The van der Waals surface area contributed by atoms with Crippen LogP contribution in [0, 0.1) is 0 Å². The number of hydrogen-bond donors (Lipinski definition) is 1. The van der Waals surface area contributed by atoms with Crippen LogP contribution in [0.15, 0.2) is 36.4 Å². The molecule has 3 aromatic rings. The van der Waals surface area contributed by atoms with Gasteiger partial charge in [0.1, 0.15) is 11.4 Å². The molecule has 0 bridgehead atoms. The molecule has 0 aliphatic heterocycles. The monoisotopic (exact) mass is 350 g/mol. The van der Waals surface area contributed by atoms with E-state index in [0.717, 1.165) is 17.0 Å². The Morgan fingerprint density at radius 2 is 2.04 bits per heavy atom. The number of aromatic nitrogens is 2. The molecule has 0 unspecified atom stereocenters. The first-order valence-corrected chi connectivity index (χ1v) is 8.77. The Balaban J connectivity index is 1.79. The largest absolute Gasteiger partial charge is 0.497 e. The van der Waals surface area contributed by atoms with Crippen LogP contribution in [-0.2, 0) is 16.6 Å². The number of fused-ring (bicyclic) bond motifs is 1. The van der Waals surface area contributed by atoms with Gasteiger partial charge in [0.25, 0.3) is 0 Å². The van der Waals surface area contributed by atoms with E-state index >= 15 is 0 Å². The van der Waals surface area contributed by atoms with E-state index in [9.17, 15) is 4.79 Å². The molecule has 26 heavy (non-hydrogen) atoms. The fraction of sp³-hybridized carbons (Fsp3) is 0.333. The highest BCUT2D eigenvalue weighted by molar-refractivity contribution is 5.88.